The van der Waals surface area contributed by atoms with Crippen LogP contribution in [0.3, 0.4) is 0 Å². The lowest BCUT2D eigenvalue weighted by Crippen LogP contribution is -2.40. The molecular formula is C11H18N4O4S. The van der Waals surface area contributed by atoms with E-state index in [-0.39, 0.29) is 19.0 Å². The molecule has 0 fully saturated rings. The SMILES string of the molecule is COCCNS(=O)(=O)N(C)c1ccccc1/C(N)=N/O. The topological polar surface area (TPSA) is 117 Å². The van der Waals surface area contributed by atoms with Gasteiger partial charge in [0.1, 0.15) is 0 Å². The van der Waals surface area contributed by atoms with Gasteiger partial charge in [-0.15, -0.1) is 0 Å². The highest BCUT2D eigenvalue weighted by Crippen LogP contribution is 2.20. The molecule has 0 aliphatic heterocycles. The van der Waals surface area contributed by atoms with E-state index in [0.29, 0.717) is 11.3 Å². The van der Waals surface area contributed by atoms with Crippen molar-refractivity contribution in [1.29, 1.82) is 0 Å². The van der Waals surface area contributed by atoms with Crippen LogP contribution in [0.4, 0.5) is 5.69 Å². The van der Waals surface area contributed by atoms with Gasteiger partial charge in [-0.1, -0.05) is 17.3 Å². The number of anilines is 1. The third-order valence-electron chi connectivity index (χ3n) is 2.58. The zero-order valence-corrected chi connectivity index (χ0v) is 12.1. The van der Waals surface area contributed by atoms with Crippen LogP contribution in [0.25, 0.3) is 0 Å². The minimum atomic E-state index is -3.74. The van der Waals surface area contributed by atoms with Gasteiger partial charge in [-0.25, -0.2) is 0 Å². The lowest BCUT2D eigenvalue weighted by molar-refractivity contribution is 0.204. The summed E-state index contributed by atoms with van der Waals surface area (Å²) >= 11 is 0. The van der Waals surface area contributed by atoms with Crippen LogP contribution in [0.5, 0.6) is 0 Å². The number of para-hydroxylation sites is 1. The fraction of sp³-hybridized carbons (Fsp3) is 0.364. The van der Waals surface area contributed by atoms with Gasteiger partial charge in [0.15, 0.2) is 5.84 Å². The largest absolute Gasteiger partial charge is 0.409 e. The predicted octanol–water partition coefficient (Wildman–Crippen LogP) is -0.302. The van der Waals surface area contributed by atoms with Crippen LogP contribution in [0.15, 0.2) is 29.4 Å². The number of nitrogens with one attached hydrogen (secondary N) is 1. The minimum absolute atomic E-state index is 0.148. The first-order chi connectivity index (χ1) is 9.44. The molecule has 0 heterocycles. The van der Waals surface area contributed by atoms with Gasteiger partial charge in [0, 0.05) is 26.3 Å². The maximum absolute atomic E-state index is 12.1. The molecule has 20 heavy (non-hydrogen) atoms. The minimum Gasteiger partial charge on any atom is -0.409 e. The Morgan fingerprint density at radius 1 is 1.50 bits per heavy atom. The molecule has 0 saturated heterocycles. The molecule has 1 aromatic carbocycles. The van der Waals surface area contributed by atoms with Crippen LogP contribution in [0, 0.1) is 0 Å². The van der Waals surface area contributed by atoms with Crippen molar-refractivity contribution in [3.8, 4) is 0 Å². The molecule has 1 rings (SSSR count). The standard InChI is InChI=1S/C11H18N4O4S/c1-15(20(17,18)13-7-8-19-2)10-6-4-3-5-9(10)11(12)14-16/h3-6,13,16H,7-8H2,1-2H3,(H2,12,14). The van der Waals surface area contributed by atoms with E-state index < -0.39 is 10.2 Å². The Hall–Kier alpha value is -1.84. The Morgan fingerprint density at radius 2 is 2.15 bits per heavy atom. The molecule has 0 amide bonds. The summed E-state index contributed by atoms with van der Waals surface area (Å²) in [6, 6.07) is 6.44. The second kappa shape index (κ2) is 7.08. The van der Waals surface area contributed by atoms with Gasteiger partial charge >= 0.3 is 10.2 Å². The van der Waals surface area contributed by atoms with Crippen LogP contribution >= 0.6 is 0 Å². The van der Waals surface area contributed by atoms with Crippen LogP contribution in [0.2, 0.25) is 0 Å². The Morgan fingerprint density at radius 3 is 2.75 bits per heavy atom. The van der Waals surface area contributed by atoms with E-state index in [2.05, 4.69) is 9.88 Å². The van der Waals surface area contributed by atoms with E-state index in [1.54, 1.807) is 24.3 Å². The van der Waals surface area contributed by atoms with Crippen LogP contribution in [-0.2, 0) is 14.9 Å². The monoisotopic (exact) mass is 302 g/mol. The van der Waals surface area contributed by atoms with E-state index >= 15 is 0 Å². The Balaban J connectivity index is 3.06. The molecule has 4 N–H and O–H groups in total. The maximum atomic E-state index is 12.1. The molecule has 0 atom stereocenters. The summed E-state index contributed by atoms with van der Waals surface area (Å²) in [5, 5.41) is 11.6. The number of benzene rings is 1. The Kier molecular flexibility index (Phi) is 5.74. The molecule has 112 valence electrons. The molecule has 0 aliphatic carbocycles. The molecule has 0 radical (unpaired) electrons. The summed E-state index contributed by atoms with van der Waals surface area (Å²) < 4.78 is 32.4. The lowest BCUT2D eigenvalue weighted by Gasteiger charge is -2.22. The van der Waals surface area contributed by atoms with Crippen LogP contribution < -0.4 is 14.8 Å². The number of amidine groups is 1. The molecule has 8 nitrogen and oxygen atoms in total. The number of hydrogen-bond acceptors (Lipinski definition) is 5. The van der Waals surface area contributed by atoms with Crippen LogP contribution in [-0.4, -0.2) is 46.8 Å². The lowest BCUT2D eigenvalue weighted by atomic mass is 10.1. The smallest absolute Gasteiger partial charge is 0.301 e. The summed E-state index contributed by atoms with van der Waals surface area (Å²) in [6.07, 6.45) is 0. The average molecular weight is 302 g/mol. The van der Waals surface area contributed by atoms with E-state index in [0.717, 1.165) is 4.31 Å². The van der Waals surface area contributed by atoms with Gasteiger partial charge in [-0.05, 0) is 12.1 Å². The van der Waals surface area contributed by atoms with E-state index in [9.17, 15) is 8.42 Å². The molecule has 0 aromatic heterocycles. The first-order valence-corrected chi connectivity index (χ1v) is 7.17. The number of nitrogens with zero attached hydrogens (tertiary/aromatic N) is 2. The number of oxime groups is 1. The number of nitrogens with two attached hydrogens (primary N) is 1. The molecule has 0 bridgehead atoms. The van der Waals surface area contributed by atoms with Gasteiger partial charge in [-0.3, -0.25) is 4.31 Å². The first kappa shape index (κ1) is 16.2. The fourth-order valence-corrected chi connectivity index (χ4v) is 2.47. The maximum Gasteiger partial charge on any atom is 0.301 e. The third-order valence-corrected chi connectivity index (χ3v) is 4.06. The van der Waals surface area contributed by atoms with Gasteiger partial charge in [0.2, 0.25) is 0 Å². The van der Waals surface area contributed by atoms with Crippen molar-refractivity contribution in [2.75, 3.05) is 31.6 Å². The molecule has 0 spiro atoms. The molecular weight excluding hydrogens is 284 g/mol. The zero-order valence-electron chi connectivity index (χ0n) is 11.3. The molecule has 0 saturated carbocycles. The van der Waals surface area contributed by atoms with Crippen molar-refractivity contribution in [2.45, 2.75) is 0 Å². The van der Waals surface area contributed by atoms with Crippen molar-refractivity contribution >= 4 is 21.7 Å². The van der Waals surface area contributed by atoms with Gasteiger partial charge in [-0.2, -0.15) is 13.1 Å². The molecule has 0 aliphatic rings. The van der Waals surface area contributed by atoms with Crippen molar-refractivity contribution in [1.82, 2.24) is 4.72 Å². The quantitative estimate of drug-likeness (QED) is 0.210. The first-order valence-electron chi connectivity index (χ1n) is 5.73. The fourth-order valence-electron chi connectivity index (χ4n) is 1.52. The molecule has 9 heteroatoms. The third kappa shape index (κ3) is 3.83. The number of rotatable bonds is 7. The number of hydrogen-bond donors (Lipinski definition) is 3. The molecule has 1 aromatic rings. The predicted molar refractivity (Wildman–Crippen MR) is 76.2 cm³/mol. The zero-order chi connectivity index (χ0) is 15.2. The highest BCUT2D eigenvalue weighted by Gasteiger charge is 2.21. The van der Waals surface area contributed by atoms with E-state index in [1.807, 2.05) is 0 Å². The summed E-state index contributed by atoms with van der Waals surface area (Å²) in [5.74, 6) is -0.167. The molecule has 0 unspecified atom stereocenters. The van der Waals surface area contributed by atoms with Crippen LogP contribution in [0.1, 0.15) is 5.56 Å². The number of methoxy groups -OCH3 is 1. The normalized spacial score (nSPS) is 12.4. The Labute approximate surface area is 118 Å². The highest BCUT2D eigenvalue weighted by molar-refractivity contribution is 7.90. The number of ether oxygens (including phenoxy) is 1. The van der Waals surface area contributed by atoms with Crippen molar-refractivity contribution in [3.05, 3.63) is 29.8 Å². The summed E-state index contributed by atoms with van der Waals surface area (Å²) in [6.45, 7) is 0.407. The van der Waals surface area contributed by atoms with Crippen molar-refractivity contribution in [3.63, 3.8) is 0 Å². The van der Waals surface area contributed by atoms with E-state index in [4.69, 9.17) is 15.7 Å². The highest BCUT2D eigenvalue weighted by atomic mass is 32.2. The van der Waals surface area contributed by atoms with Crippen molar-refractivity contribution in [2.24, 2.45) is 10.9 Å². The Bertz CT molecular complexity index is 574. The second-order valence-corrected chi connectivity index (χ2v) is 5.65. The summed E-state index contributed by atoms with van der Waals surface area (Å²) in [4.78, 5) is 0. The van der Waals surface area contributed by atoms with Gasteiger partial charge in [0.25, 0.3) is 0 Å². The second-order valence-electron chi connectivity index (χ2n) is 3.86. The van der Waals surface area contributed by atoms with Gasteiger partial charge in [0.05, 0.1) is 12.3 Å². The van der Waals surface area contributed by atoms with Crippen molar-refractivity contribution < 1.29 is 18.4 Å². The summed E-state index contributed by atoms with van der Waals surface area (Å²) in [5.41, 5.74) is 6.15. The van der Waals surface area contributed by atoms with Gasteiger partial charge < -0.3 is 15.7 Å². The van der Waals surface area contributed by atoms with E-state index in [1.165, 1.54) is 14.2 Å². The summed E-state index contributed by atoms with van der Waals surface area (Å²) in [7, 11) is -0.887. The average Bonchev–Trinajstić information content (AvgIpc) is 2.45.